The number of hydrogen-bond donors (Lipinski definition) is 4. The average Bonchev–Trinajstić information content (AvgIpc) is 3.35. The number of fused-ring (bicyclic) bond motifs is 2. The third kappa shape index (κ3) is 2.92. The average molecular weight is 391 g/mol. The minimum atomic E-state index is -0.682. The fourth-order valence-corrected chi connectivity index (χ4v) is 3.63. The molecule has 1 unspecified atom stereocenters. The molecular weight excluding hydrogens is 374 g/mol. The van der Waals surface area contributed by atoms with Crippen LogP contribution in [0.25, 0.3) is 10.9 Å². The Morgan fingerprint density at radius 1 is 1.24 bits per heavy atom. The van der Waals surface area contributed by atoms with Crippen LogP contribution in [0.5, 0.6) is 11.5 Å². The van der Waals surface area contributed by atoms with Crippen LogP contribution in [0.2, 0.25) is 0 Å². The number of rotatable bonds is 3. The zero-order valence-electron chi connectivity index (χ0n) is 15.4. The summed E-state index contributed by atoms with van der Waals surface area (Å²) in [4.78, 5) is 25.3. The van der Waals surface area contributed by atoms with Crippen LogP contribution < -0.4 is 25.4 Å². The Balaban J connectivity index is 1.51. The Morgan fingerprint density at radius 2 is 2.14 bits per heavy atom. The van der Waals surface area contributed by atoms with Gasteiger partial charge in [-0.05, 0) is 31.2 Å². The first-order chi connectivity index (χ1) is 14.1. The lowest BCUT2D eigenvalue weighted by molar-refractivity contribution is -0.113. The molecule has 4 N–H and O–H groups in total. The summed E-state index contributed by atoms with van der Waals surface area (Å²) in [6.07, 6.45) is 1.69. The second-order valence-corrected chi connectivity index (χ2v) is 6.78. The van der Waals surface area contributed by atoms with Crippen molar-refractivity contribution in [2.24, 2.45) is 0 Å². The second kappa shape index (κ2) is 6.55. The van der Waals surface area contributed by atoms with Gasteiger partial charge in [-0.2, -0.15) is 5.10 Å². The van der Waals surface area contributed by atoms with Crippen LogP contribution in [0, 0.1) is 0 Å². The highest BCUT2D eigenvalue weighted by Gasteiger charge is 2.34. The lowest BCUT2D eigenvalue weighted by Gasteiger charge is -2.29. The summed E-state index contributed by atoms with van der Waals surface area (Å²) in [5.74, 6) is 0.773. The van der Waals surface area contributed by atoms with Gasteiger partial charge in [-0.15, -0.1) is 0 Å². The molecular formula is C20H17N5O4. The first-order valence-corrected chi connectivity index (χ1v) is 9.01. The number of para-hydroxylation sites is 1. The highest BCUT2D eigenvalue weighted by Crippen LogP contribution is 2.41. The maximum Gasteiger partial charge on any atom is 0.319 e. The molecule has 0 saturated heterocycles. The summed E-state index contributed by atoms with van der Waals surface area (Å²) in [6, 6.07) is 9.77. The number of benzene rings is 2. The van der Waals surface area contributed by atoms with Gasteiger partial charge in [0.1, 0.15) is 0 Å². The smallest absolute Gasteiger partial charge is 0.319 e. The molecule has 146 valence electrons. The normalized spacial score (nSPS) is 17.8. The van der Waals surface area contributed by atoms with Crippen molar-refractivity contribution in [3.05, 3.63) is 59.4 Å². The van der Waals surface area contributed by atoms with Crippen molar-refractivity contribution >= 4 is 28.5 Å². The summed E-state index contributed by atoms with van der Waals surface area (Å²) in [5, 5.41) is 16.1. The summed E-state index contributed by atoms with van der Waals surface area (Å²) in [6.45, 7) is 1.79. The van der Waals surface area contributed by atoms with Gasteiger partial charge in [-0.1, -0.05) is 12.1 Å². The molecule has 0 spiro atoms. The number of nitrogens with zero attached hydrogens (tertiary/aromatic N) is 1. The minimum Gasteiger partial charge on any atom is -0.454 e. The molecule has 29 heavy (non-hydrogen) atoms. The van der Waals surface area contributed by atoms with E-state index in [0.717, 1.165) is 10.9 Å². The molecule has 0 radical (unpaired) electrons. The number of amides is 3. The second-order valence-electron chi connectivity index (χ2n) is 6.78. The van der Waals surface area contributed by atoms with Gasteiger partial charge in [0.15, 0.2) is 11.5 Å². The van der Waals surface area contributed by atoms with E-state index < -0.39 is 6.04 Å². The Hall–Kier alpha value is -4.01. The monoisotopic (exact) mass is 391 g/mol. The summed E-state index contributed by atoms with van der Waals surface area (Å²) >= 11 is 0. The fourth-order valence-electron chi connectivity index (χ4n) is 3.63. The molecule has 9 nitrogen and oxygen atoms in total. The molecule has 3 heterocycles. The van der Waals surface area contributed by atoms with Gasteiger partial charge in [-0.3, -0.25) is 9.89 Å². The summed E-state index contributed by atoms with van der Waals surface area (Å²) < 4.78 is 11.0. The van der Waals surface area contributed by atoms with Gasteiger partial charge in [-0.25, -0.2) is 4.79 Å². The van der Waals surface area contributed by atoms with E-state index in [1.807, 2.05) is 18.2 Å². The fraction of sp³-hybridized carbons (Fsp3) is 0.150. The standard InChI is InChI=1S/C20H17N5O4/c1-10-16(19(26)23-12-5-6-14-11(7-12)8-21-25-14)17(24-20(27)22-10)13-3-2-4-15-18(13)29-9-28-15/h2-8,17H,9H2,1H3,(H,21,25)(H,23,26)(H2,22,24,27). The number of carbonyl (C=O) groups excluding carboxylic acids is 2. The first-order valence-electron chi connectivity index (χ1n) is 9.01. The molecule has 9 heteroatoms. The molecule has 1 aromatic heterocycles. The van der Waals surface area contributed by atoms with Crippen LogP contribution >= 0.6 is 0 Å². The number of urea groups is 1. The van der Waals surface area contributed by atoms with Crippen molar-refractivity contribution in [2.75, 3.05) is 12.1 Å². The van der Waals surface area contributed by atoms with Gasteiger partial charge in [0.05, 0.1) is 23.3 Å². The SMILES string of the molecule is CC1=C(C(=O)Nc2ccc3[nH]ncc3c2)C(c2cccc3c2OCO3)NC(=O)N1. The molecule has 3 amide bonds. The van der Waals surface area contributed by atoms with E-state index in [9.17, 15) is 9.59 Å². The number of hydrogen-bond acceptors (Lipinski definition) is 5. The van der Waals surface area contributed by atoms with Crippen molar-refractivity contribution in [3.8, 4) is 11.5 Å². The molecule has 2 aliphatic rings. The Bertz CT molecular complexity index is 1180. The highest BCUT2D eigenvalue weighted by atomic mass is 16.7. The number of allylic oxidation sites excluding steroid dienone is 1. The number of carbonyl (C=O) groups is 2. The topological polar surface area (TPSA) is 117 Å². The van der Waals surface area contributed by atoms with Crippen molar-refractivity contribution in [1.82, 2.24) is 20.8 Å². The van der Waals surface area contributed by atoms with Gasteiger partial charge in [0.2, 0.25) is 6.79 Å². The third-order valence-corrected chi connectivity index (χ3v) is 4.95. The Kier molecular flexibility index (Phi) is 3.87. The maximum absolute atomic E-state index is 13.2. The predicted molar refractivity (Wildman–Crippen MR) is 104 cm³/mol. The maximum atomic E-state index is 13.2. The van der Waals surface area contributed by atoms with Crippen molar-refractivity contribution < 1.29 is 19.1 Å². The van der Waals surface area contributed by atoms with Crippen LogP contribution in [0.1, 0.15) is 18.5 Å². The largest absolute Gasteiger partial charge is 0.454 e. The number of anilines is 1. The molecule has 3 aromatic rings. The van der Waals surface area contributed by atoms with Gasteiger partial charge in [0, 0.05) is 22.3 Å². The van der Waals surface area contributed by atoms with Gasteiger partial charge < -0.3 is 25.4 Å². The van der Waals surface area contributed by atoms with E-state index in [2.05, 4.69) is 26.1 Å². The Labute approximate surface area is 165 Å². The van der Waals surface area contributed by atoms with E-state index in [4.69, 9.17) is 9.47 Å². The van der Waals surface area contributed by atoms with Crippen LogP contribution in [-0.4, -0.2) is 28.9 Å². The zero-order chi connectivity index (χ0) is 20.0. The minimum absolute atomic E-state index is 0.0974. The Morgan fingerprint density at radius 3 is 3.03 bits per heavy atom. The van der Waals surface area contributed by atoms with Crippen LogP contribution in [0.3, 0.4) is 0 Å². The van der Waals surface area contributed by atoms with E-state index in [1.165, 1.54) is 0 Å². The highest BCUT2D eigenvalue weighted by molar-refractivity contribution is 6.07. The number of nitrogens with one attached hydrogen (secondary N) is 4. The molecule has 0 bridgehead atoms. The molecule has 0 fully saturated rings. The van der Waals surface area contributed by atoms with Crippen molar-refractivity contribution in [2.45, 2.75) is 13.0 Å². The van der Waals surface area contributed by atoms with Crippen molar-refractivity contribution in [3.63, 3.8) is 0 Å². The van der Waals surface area contributed by atoms with E-state index in [0.29, 0.717) is 34.0 Å². The van der Waals surface area contributed by atoms with E-state index in [1.54, 1.807) is 31.3 Å². The third-order valence-electron chi connectivity index (χ3n) is 4.95. The quantitative estimate of drug-likeness (QED) is 0.547. The van der Waals surface area contributed by atoms with E-state index >= 15 is 0 Å². The van der Waals surface area contributed by atoms with E-state index in [-0.39, 0.29) is 18.7 Å². The van der Waals surface area contributed by atoms with Crippen LogP contribution in [0.4, 0.5) is 10.5 Å². The zero-order valence-corrected chi connectivity index (χ0v) is 15.4. The van der Waals surface area contributed by atoms with Crippen molar-refractivity contribution in [1.29, 1.82) is 0 Å². The summed E-state index contributed by atoms with van der Waals surface area (Å²) in [7, 11) is 0. The predicted octanol–water partition coefficient (Wildman–Crippen LogP) is 2.56. The number of aromatic amines is 1. The molecule has 0 aliphatic carbocycles. The van der Waals surface area contributed by atoms with Crippen LogP contribution in [-0.2, 0) is 4.79 Å². The number of H-pyrrole nitrogens is 1. The molecule has 5 rings (SSSR count). The van der Waals surface area contributed by atoms with Gasteiger partial charge >= 0.3 is 6.03 Å². The summed E-state index contributed by atoms with van der Waals surface area (Å²) in [5.41, 5.74) is 3.01. The number of ether oxygens (including phenoxy) is 2. The van der Waals surface area contributed by atoms with Gasteiger partial charge in [0.25, 0.3) is 5.91 Å². The molecule has 2 aromatic carbocycles. The van der Waals surface area contributed by atoms with Crippen LogP contribution in [0.15, 0.2) is 53.9 Å². The molecule has 0 saturated carbocycles. The first kappa shape index (κ1) is 17.1. The lowest BCUT2D eigenvalue weighted by Crippen LogP contribution is -2.46. The molecule has 2 aliphatic heterocycles. The lowest BCUT2D eigenvalue weighted by atomic mass is 9.93. The number of aromatic nitrogens is 2. The molecule has 1 atom stereocenters.